The average Bonchev–Trinajstić information content (AvgIpc) is 3.05. The number of thioether (sulfide) groups is 1. The molecule has 0 saturated carbocycles. The van der Waals surface area contributed by atoms with Crippen molar-refractivity contribution in [2.24, 2.45) is 5.73 Å². The number of thiophene rings is 1. The van der Waals surface area contributed by atoms with Crippen molar-refractivity contribution in [3.05, 3.63) is 39.5 Å². The number of hydrogen-bond donors (Lipinski definition) is 2. The number of primary amides is 1. The van der Waals surface area contributed by atoms with Gasteiger partial charge in [-0.3, -0.25) is 9.59 Å². The maximum absolute atomic E-state index is 12.9. The summed E-state index contributed by atoms with van der Waals surface area (Å²) in [5.41, 5.74) is 7.01. The molecule has 1 atom stereocenters. The van der Waals surface area contributed by atoms with Crippen molar-refractivity contribution in [1.29, 1.82) is 0 Å². The number of aromatic nitrogens is 2. The van der Waals surface area contributed by atoms with Crippen LogP contribution in [0.15, 0.2) is 34.2 Å². The largest absolute Gasteiger partial charge is 0.497 e. The van der Waals surface area contributed by atoms with E-state index in [1.807, 2.05) is 31.2 Å². The fourth-order valence-electron chi connectivity index (χ4n) is 2.90. The number of methoxy groups -OCH3 is 1. The second kappa shape index (κ2) is 8.14. The van der Waals surface area contributed by atoms with Crippen LogP contribution in [0.2, 0.25) is 0 Å². The maximum atomic E-state index is 12.9. The van der Waals surface area contributed by atoms with E-state index >= 15 is 0 Å². The van der Waals surface area contributed by atoms with Gasteiger partial charge in [-0.15, -0.1) is 11.3 Å². The Balaban J connectivity index is 2.16. The van der Waals surface area contributed by atoms with Crippen molar-refractivity contribution in [1.82, 2.24) is 9.97 Å². The summed E-state index contributed by atoms with van der Waals surface area (Å²) >= 11 is 2.70. The Kier molecular flexibility index (Phi) is 5.86. The number of aryl methyl sites for hydroxylation is 1. The lowest BCUT2D eigenvalue weighted by Gasteiger charge is -2.09. The van der Waals surface area contributed by atoms with E-state index in [1.54, 1.807) is 7.11 Å². The van der Waals surface area contributed by atoms with Crippen molar-refractivity contribution in [3.8, 4) is 16.9 Å². The zero-order valence-electron chi connectivity index (χ0n) is 15.4. The lowest BCUT2D eigenvalue weighted by atomic mass is 10.0. The van der Waals surface area contributed by atoms with E-state index in [1.165, 1.54) is 23.1 Å². The molecular weight excluding hydrogens is 382 g/mol. The Morgan fingerprint density at radius 2 is 2.19 bits per heavy atom. The molecule has 2 heterocycles. The van der Waals surface area contributed by atoms with Gasteiger partial charge in [-0.05, 0) is 30.5 Å². The Bertz CT molecular complexity index is 1040. The molecule has 0 aliphatic heterocycles. The second-order valence-corrected chi connectivity index (χ2v) is 8.23. The van der Waals surface area contributed by atoms with Gasteiger partial charge in [-0.1, -0.05) is 37.7 Å². The van der Waals surface area contributed by atoms with Gasteiger partial charge in [0.25, 0.3) is 5.56 Å². The molecular formula is C19H21N3O3S2. The Hall–Kier alpha value is -2.32. The molecule has 3 N–H and O–H groups in total. The first-order valence-corrected chi connectivity index (χ1v) is 10.3. The standard InChI is InChI=1S/C19H21N3O3S2/c1-4-12-14(10-7-6-8-11(9-10)25-3)15-17(24)21-19(22-18(15)26-12)27-13(5-2)16(20)23/h6-9,13H,4-5H2,1-3H3,(H2,20,23)(H,21,22,24). The van der Waals surface area contributed by atoms with Gasteiger partial charge in [0.05, 0.1) is 17.7 Å². The number of nitrogens with one attached hydrogen (secondary N) is 1. The highest BCUT2D eigenvalue weighted by molar-refractivity contribution is 8.00. The van der Waals surface area contributed by atoms with Crippen molar-refractivity contribution in [2.75, 3.05) is 7.11 Å². The molecule has 1 amide bonds. The summed E-state index contributed by atoms with van der Waals surface area (Å²) in [5.74, 6) is 0.320. The molecule has 1 unspecified atom stereocenters. The number of carbonyl (C=O) groups excluding carboxylic acids is 1. The number of carbonyl (C=O) groups is 1. The highest BCUT2D eigenvalue weighted by Gasteiger charge is 2.21. The fourth-order valence-corrected chi connectivity index (χ4v) is 4.94. The van der Waals surface area contributed by atoms with Crippen LogP contribution >= 0.6 is 23.1 Å². The van der Waals surface area contributed by atoms with Crippen molar-refractivity contribution in [2.45, 2.75) is 37.1 Å². The number of H-pyrrole nitrogens is 1. The molecule has 3 rings (SSSR count). The summed E-state index contributed by atoms with van der Waals surface area (Å²) in [6.07, 6.45) is 1.36. The molecule has 1 aromatic carbocycles. The molecule has 0 spiro atoms. The van der Waals surface area contributed by atoms with Gasteiger partial charge >= 0.3 is 0 Å². The van der Waals surface area contributed by atoms with E-state index in [-0.39, 0.29) is 5.56 Å². The number of benzene rings is 1. The molecule has 3 aromatic rings. The molecule has 0 fully saturated rings. The minimum atomic E-state index is -0.422. The molecule has 27 heavy (non-hydrogen) atoms. The molecule has 0 radical (unpaired) electrons. The third kappa shape index (κ3) is 3.86. The van der Waals surface area contributed by atoms with Crippen LogP contribution < -0.4 is 16.0 Å². The summed E-state index contributed by atoms with van der Waals surface area (Å²) in [7, 11) is 1.62. The van der Waals surface area contributed by atoms with E-state index in [0.717, 1.165) is 28.2 Å². The Morgan fingerprint density at radius 3 is 2.81 bits per heavy atom. The summed E-state index contributed by atoms with van der Waals surface area (Å²) in [6, 6.07) is 7.66. The van der Waals surface area contributed by atoms with Gasteiger partial charge in [0, 0.05) is 10.4 Å². The number of nitrogens with two attached hydrogens (primary N) is 1. The highest BCUT2D eigenvalue weighted by atomic mass is 32.2. The van der Waals surface area contributed by atoms with Crippen LogP contribution in [-0.4, -0.2) is 28.2 Å². The zero-order valence-corrected chi connectivity index (χ0v) is 17.0. The van der Waals surface area contributed by atoms with Gasteiger partial charge in [-0.25, -0.2) is 4.98 Å². The van der Waals surface area contributed by atoms with E-state index < -0.39 is 11.2 Å². The van der Waals surface area contributed by atoms with E-state index in [4.69, 9.17) is 10.5 Å². The van der Waals surface area contributed by atoms with Crippen molar-refractivity contribution >= 4 is 39.2 Å². The monoisotopic (exact) mass is 403 g/mol. The predicted octanol–water partition coefficient (Wildman–Crippen LogP) is 3.58. The van der Waals surface area contributed by atoms with Crippen molar-refractivity contribution in [3.63, 3.8) is 0 Å². The smallest absolute Gasteiger partial charge is 0.260 e. The van der Waals surface area contributed by atoms with Gasteiger partial charge < -0.3 is 15.5 Å². The van der Waals surface area contributed by atoms with Crippen LogP contribution in [0.5, 0.6) is 5.75 Å². The quantitative estimate of drug-likeness (QED) is 0.464. The Labute approximate surface area is 165 Å². The number of rotatable bonds is 7. The van der Waals surface area contributed by atoms with E-state index in [9.17, 15) is 9.59 Å². The highest BCUT2D eigenvalue weighted by Crippen LogP contribution is 2.38. The second-order valence-electron chi connectivity index (χ2n) is 5.95. The number of amides is 1. The topological polar surface area (TPSA) is 98.1 Å². The van der Waals surface area contributed by atoms with Crippen LogP contribution in [0.4, 0.5) is 0 Å². The molecule has 2 aromatic heterocycles. The van der Waals surface area contributed by atoms with Crippen LogP contribution in [0.3, 0.4) is 0 Å². The number of aromatic amines is 1. The molecule has 8 heteroatoms. The minimum absolute atomic E-state index is 0.212. The molecule has 0 saturated heterocycles. The van der Waals surface area contributed by atoms with Crippen LogP contribution in [0.1, 0.15) is 25.1 Å². The molecule has 142 valence electrons. The van der Waals surface area contributed by atoms with Crippen LogP contribution in [0, 0.1) is 0 Å². The first-order chi connectivity index (χ1) is 13.0. The van der Waals surface area contributed by atoms with Crippen molar-refractivity contribution < 1.29 is 9.53 Å². The average molecular weight is 404 g/mol. The lowest BCUT2D eigenvalue weighted by molar-refractivity contribution is -0.117. The Morgan fingerprint density at radius 1 is 1.41 bits per heavy atom. The third-order valence-corrected chi connectivity index (χ3v) is 6.73. The SMILES string of the molecule is CCc1sc2nc(SC(CC)C(N)=O)[nH]c(=O)c2c1-c1cccc(OC)c1. The summed E-state index contributed by atoms with van der Waals surface area (Å²) in [6.45, 7) is 3.93. The normalized spacial score (nSPS) is 12.3. The van der Waals surface area contributed by atoms with Crippen LogP contribution in [-0.2, 0) is 11.2 Å². The van der Waals surface area contributed by atoms with Gasteiger partial charge in [0.15, 0.2) is 5.16 Å². The molecule has 0 aliphatic rings. The van der Waals surface area contributed by atoms with Gasteiger partial charge in [-0.2, -0.15) is 0 Å². The number of fused-ring (bicyclic) bond motifs is 1. The van der Waals surface area contributed by atoms with Gasteiger partial charge in [0.2, 0.25) is 5.91 Å². The fraction of sp³-hybridized carbons (Fsp3) is 0.316. The van der Waals surface area contributed by atoms with E-state index in [2.05, 4.69) is 16.9 Å². The predicted molar refractivity (Wildman–Crippen MR) is 111 cm³/mol. The van der Waals surface area contributed by atoms with Gasteiger partial charge in [0.1, 0.15) is 10.6 Å². The number of hydrogen-bond acceptors (Lipinski definition) is 6. The number of ether oxygens (including phenoxy) is 1. The lowest BCUT2D eigenvalue weighted by Crippen LogP contribution is -2.25. The minimum Gasteiger partial charge on any atom is -0.497 e. The molecule has 0 bridgehead atoms. The summed E-state index contributed by atoms with van der Waals surface area (Å²) in [5, 5.41) is 0.565. The first kappa shape index (κ1) is 19.4. The zero-order chi connectivity index (χ0) is 19.6. The molecule has 6 nitrogen and oxygen atoms in total. The maximum Gasteiger partial charge on any atom is 0.260 e. The van der Waals surface area contributed by atoms with E-state index in [0.29, 0.717) is 21.8 Å². The number of nitrogens with zero attached hydrogens (tertiary/aromatic N) is 1. The summed E-state index contributed by atoms with van der Waals surface area (Å²) in [4.78, 5) is 33.5. The third-order valence-electron chi connectivity index (χ3n) is 4.23. The first-order valence-electron chi connectivity index (χ1n) is 8.64. The van der Waals surface area contributed by atoms with Crippen LogP contribution in [0.25, 0.3) is 21.3 Å². The molecule has 0 aliphatic carbocycles. The summed E-state index contributed by atoms with van der Waals surface area (Å²) < 4.78 is 5.32.